The van der Waals surface area contributed by atoms with Crippen molar-refractivity contribution in [3.63, 3.8) is 0 Å². The van der Waals surface area contributed by atoms with Gasteiger partial charge in [0.25, 0.3) is 0 Å². The summed E-state index contributed by atoms with van der Waals surface area (Å²) in [4.78, 5) is 0. The summed E-state index contributed by atoms with van der Waals surface area (Å²) >= 11 is 0. The summed E-state index contributed by atoms with van der Waals surface area (Å²) in [6.45, 7) is 1.62. The van der Waals surface area contributed by atoms with Crippen molar-refractivity contribution in [2.45, 2.75) is 19.3 Å². The van der Waals surface area contributed by atoms with E-state index in [2.05, 4.69) is 35.6 Å². The summed E-state index contributed by atoms with van der Waals surface area (Å²) in [6, 6.07) is 10.6. The van der Waals surface area contributed by atoms with E-state index >= 15 is 0 Å². The van der Waals surface area contributed by atoms with E-state index in [1.54, 1.807) is 0 Å². The van der Waals surface area contributed by atoms with E-state index in [0.717, 1.165) is 6.54 Å². The van der Waals surface area contributed by atoms with Crippen molar-refractivity contribution in [2.75, 3.05) is 13.2 Å². The molecule has 0 bridgehead atoms. The van der Waals surface area contributed by atoms with Gasteiger partial charge in [0.05, 0.1) is 0 Å². The standard InChI is InChI=1S/C11H18N2.3ClH/c12-10-13-9-5-4-8-11-6-2-1-3-7-11;;;/h1-3,6-7,13H,4-5,8-10,12H2;3*1H. The van der Waals surface area contributed by atoms with Crippen LogP contribution in [0.3, 0.4) is 0 Å². The highest BCUT2D eigenvalue weighted by Gasteiger charge is 1.91. The summed E-state index contributed by atoms with van der Waals surface area (Å²) in [6.07, 6.45) is 3.61. The number of nitrogens with two attached hydrogens (primary N) is 1. The molecule has 0 aromatic heterocycles. The van der Waals surface area contributed by atoms with Crippen molar-refractivity contribution in [2.24, 2.45) is 5.73 Å². The van der Waals surface area contributed by atoms with Gasteiger partial charge >= 0.3 is 0 Å². The Morgan fingerprint density at radius 3 is 2.12 bits per heavy atom. The number of unbranched alkanes of at least 4 members (excludes halogenated alkanes) is 1. The van der Waals surface area contributed by atoms with Crippen LogP contribution >= 0.6 is 37.2 Å². The average molecular weight is 288 g/mol. The van der Waals surface area contributed by atoms with E-state index in [1.165, 1.54) is 24.8 Å². The molecule has 2 nitrogen and oxygen atoms in total. The lowest BCUT2D eigenvalue weighted by Gasteiger charge is -2.01. The summed E-state index contributed by atoms with van der Waals surface area (Å²) in [7, 11) is 0. The first kappa shape index (κ1) is 21.3. The fraction of sp³-hybridized carbons (Fsp3) is 0.455. The normalized spacial score (nSPS) is 8.31. The molecule has 96 valence electrons. The third-order valence-electron chi connectivity index (χ3n) is 2.06. The highest BCUT2D eigenvalue weighted by atomic mass is 35.5. The predicted octanol–water partition coefficient (Wildman–Crippen LogP) is 2.78. The van der Waals surface area contributed by atoms with E-state index in [4.69, 9.17) is 5.73 Å². The lowest BCUT2D eigenvalue weighted by Crippen LogP contribution is -2.23. The van der Waals surface area contributed by atoms with Crippen molar-refractivity contribution in [3.8, 4) is 0 Å². The van der Waals surface area contributed by atoms with Crippen LogP contribution in [0, 0.1) is 0 Å². The summed E-state index contributed by atoms with van der Waals surface area (Å²) in [5.74, 6) is 0. The van der Waals surface area contributed by atoms with Crippen LogP contribution in [0.1, 0.15) is 18.4 Å². The number of hydrogen-bond acceptors (Lipinski definition) is 2. The van der Waals surface area contributed by atoms with E-state index in [1.807, 2.05) is 0 Å². The largest absolute Gasteiger partial charge is 0.318 e. The molecule has 0 radical (unpaired) electrons. The topological polar surface area (TPSA) is 38.0 Å². The molecule has 0 saturated heterocycles. The molecule has 3 N–H and O–H groups in total. The minimum atomic E-state index is 0. The van der Waals surface area contributed by atoms with Crippen molar-refractivity contribution in [3.05, 3.63) is 35.9 Å². The third kappa shape index (κ3) is 10.5. The van der Waals surface area contributed by atoms with E-state index in [-0.39, 0.29) is 37.2 Å². The van der Waals surface area contributed by atoms with Crippen molar-refractivity contribution in [1.29, 1.82) is 0 Å². The summed E-state index contributed by atoms with van der Waals surface area (Å²) < 4.78 is 0. The van der Waals surface area contributed by atoms with Crippen LogP contribution in [0.15, 0.2) is 30.3 Å². The maximum absolute atomic E-state index is 5.31. The second-order valence-corrected chi connectivity index (χ2v) is 3.15. The molecule has 0 fully saturated rings. The number of rotatable bonds is 6. The van der Waals surface area contributed by atoms with Gasteiger partial charge in [-0.1, -0.05) is 30.3 Å². The molecule has 1 aromatic carbocycles. The highest BCUT2D eigenvalue weighted by molar-refractivity contribution is 5.86. The van der Waals surface area contributed by atoms with Gasteiger partial charge < -0.3 is 11.1 Å². The van der Waals surface area contributed by atoms with E-state index in [0.29, 0.717) is 6.67 Å². The Kier molecular flexibility index (Phi) is 20.0. The zero-order chi connectivity index (χ0) is 9.36. The van der Waals surface area contributed by atoms with Gasteiger partial charge in [-0.25, -0.2) is 0 Å². The molecule has 0 spiro atoms. The van der Waals surface area contributed by atoms with E-state index < -0.39 is 0 Å². The Hall–Kier alpha value is 0.01000. The van der Waals surface area contributed by atoms with Gasteiger partial charge in [-0.2, -0.15) is 0 Å². The van der Waals surface area contributed by atoms with E-state index in [9.17, 15) is 0 Å². The Morgan fingerprint density at radius 1 is 0.938 bits per heavy atom. The lowest BCUT2D eigenvalue weighted by atomic mass is 10.1. The van der Waals surface area contributed by atoms with Crippen LogP contribution in [0.4, 0.5) is 0 Å². The van der Waals surface area contributed by atoms with Gasteiger partial charge in [0, 0.05) is 6.67 Å². The minimum Gasteiger partial charge on any atom is -0.318 e. The molecular weight excluding hydrogens is 266 g/mol. The lowest BCUT2D eigenvalue weighted by molar-refractivity contribution is 0.632. The molecule has 1 aromatic rings. The van der Waals surface area contributed by atoms with Gasteiger partial charge in [-0.3, -0.25) is 0 Å². The number of aryl methyl sites for hydroxylation is 1. The van der Waals surface area contributed by atoms with Crippen LogP contribution in [-0.4, -0.2) is 13.2 Å². The molecule has 0 amide bonds. The Balaban J connectivity index is -0.000000563. The molecule has 0 heterocycles. The first-order chi connectivity index (χ1) is 6.43. The quantitative estimate of drug-likeness (QED) is 0.624. The number of benzene rings is 1. The smallest absolute Gasteiger partial charge is 0.0428 e. The Morgan fingerprint density at radius 2 is 1.56 bits per heavy atom. The monoisotopic (exact) mass is 286 g/mol. The first-order valence-corrected chi connectivity index (χ1v) is 4.88. The van der Waals surface area contributed by atoms with Crippen LogP contribution in [0.5, 0.6) is 0 Å². The van der Waals surface area contributed by atoms with Gasteiger partial charge in [-0.15, -0.1) is 37.2 Å². The Labute approximate surface area is 117 Å². The molecule has 0 aliphatic carbocycles. The van der Waals surface area contributed by atoms with Crippen LogP contribution in [0.2, 0.25) is 0 Å². The number of nitrogens with one attached hydrogen (secondary N) is 1. The fourth-order valence-corrected chi connectivity index (χ4v) is 1.33. The fourth-order valence-electron chi connectivity index (χ4n) is 1.33. The molecule has 5 heteroatoms. The molecule has 0 aliphatic heterocycles. The van der Waals surface area contributed by atoms with Crippen LogP contribution in [-0.2, 0) is 6.42 Å². The zero-order valence-electron chi connectivity index (χ0n) is 9.22. The molecule has 0 unspecified atom stereocenters. The minimum absolute atomic E-state index is 0. The first-order valence-electron chi connectivity index (χ1n) is 4.88. The average Bonchev–Trinajstić information content (AvgIpc) is 2.19. The third-order valence-corrected chi connectivity index (χ3v) is 2.06. The molecule has 0 atom stereocenters. The Bertz CT molecular complexity index is 220. The number of hydrogen-bond donors (Lipinski definition) is 2. The molecule has 0 saturated carbocycles. The number of halogens is 3. The van der Waals surface area contributed by atoms with Crippen LogP contribution in [0.25, 0.3) is 0 Å². The van der Waals surface area contributed by atoms with Crippen LogP contribution < -0.4 is 11.1 Å². The predicted molar refractivity (Wildman–Crippen MR) is 78.2 cm³/mol. The SMILES string of the molecule is Cl.Cl.Cl.NCNCCCCc1ccccc1. The maximum Gasteiger partial charge on any atom is 0.0428 e. The maximum atomic E-state index is 5.31. The highest BCUT2D eigenvalue weighted by Crippen LogP contribution is 2.03. The van der Waals surface area contributed by atoms with Crippen molar-refractivity contribution >= 4 is 37.2 Å². The van der Waals surface area contributed by atoms with Gasteiger partial charge in [0.2, 0.25) is 0 Å². The zero-order valence-corrected chi connectivity index (χ0v) is 11.7. The molecule has 1 rings (SSSR count). The molecular formula is C11H21Cl3N2. The van der Waals surface area contributed by atoms with Crippen molar-refractivity contribution in [1.82, 2.24) is 5.32 Å². The molecule has 0 aliphatic rings. The van der Waals surface area contributed by atoms with Crippen molar-refractivity contribution < 1.29 is 0 Å². The van der Waals surface area contributed by atoms with Gasteiger partial charge in [0.15, 0.2) is 0 Å². The second-order valence-electron chi connectivity index (χ2n) is 3.15. The summed E-state index contributed by atoms with van der Waals surface area (Å²) in [5.41, 5.74) is 6.74. The molecule has 16 heavy (non-hydrogen) atoms. The second kappa shape index (κ2) is 15.0. The van der Waals surface area contributed by atoms with Gasteiger partial charge in [0.1, 0.15) is 0 Å². The summed E-state index contributed by atoms with van der Waals surface area (Å²) in [5, 5.41) is 3.11. The van der Waals surface area contributed by atoms with Gasteiger partial charge in [-0.05, 0) is 31.4 Å².